The van der Waals surface area contributed by atoms with Crippen molar-refractivity contribution in [3.8, 4) is 0 Å². The van der Waals surface area contributed by atoms with Gasteiger partial charge in [-0.1, -0.05) is 0 Å². The normalized spacial score (nSPS) is 31.5. The van der Waals surface area contributed by atoms with Crippen LogP contribution >= 0.6 is 0 Å². The standard InChI is InChI=1S/C17H27F2N3O2/c1-11(12-5-7-17(18,19)8-6-12)20-16(24)21-13-10-15(23)22-9-3-2-4-14(13)22/h11-14H,2-10H2,1H3,(H2,20,21,24). The molecule has 0 aromatic rings. The van der Waals surface area contributed by atoms with Gasteiger partial charge in [0.1, 0.15) is 0 Å². The van der Waals surface area contributed by atoms with Gasteiger partial charge in [-0.25, -0.2) is 13.6 Å². The number of carbonyl (C=O) groups is 2. The maximum atomic E-state index is 13.2. The van der Waals surface area contributed by atoms with Crippen molar-refractivity contribution < 1.29 is 18.4 Å². The van der Waals surface area contributed by atoms with E-state index in [-0.39, 0.29) is 48.8 Å². The fraction of sp³-hybridized carbons (Fsp3) is 0.882. The Morgan fingerprint density at radius 2 is 1.96 bits per heavy atom. The number of hydrogen-bond donors (Lipinski definition) is 2. The Labute approximate surface area is 141 Å². The monoisotopic (exact) mass is 343 g/mol. The minimum Gasteiger partial charge on any atom is -0.338 e. The number of hydrogen-bond acceptors (Lipinski definition) is 2. The first-order valence-corrected chi connectivity index (χ1v) is 9.10. The van der Waals surface area contributed by atoms with Crippen LogP contribution in [0.4, 0.5) is 13.6 Å². The van der Waals surface area contributed by atoms with Gasteiger partial charge in [-0.3, -0.25) is 4.79 Å². The van der Waals surface area contributed by atoms with Crippen LogP contribution in [0.3, 0.4) is 0 Å². The molecule has 3 rings (SSSR count). The first-order valence-electron chi connectivity index (χ1n) is 9.10. The van der Waals surface area contributed by atoms with E-state index >= 15 is 0 Å². The zero-order valence-electron chi connectivity index (χ0n) is 14.2. The number of alkyl halides is 2. The number of nitrogens with one attached hydrogen (secondary N) is 2. The third kappa shape index (κ3) is 3.81. The van der Waals surface area contributed by atoms with Crippen molar-refractivity contribution in [2.75, 3.05) is 6.54 Å². The number of piperidine rings is 1. The van der Waals surface area contributed by atoms with E-state index in [0.717, 1.165) is 25.8 Å². The third-order valence-electron chi connectivity index (χ3n) is 5.87. The summed E-state index contributed by atoms with van der Waals surface area (Å²) in [6, 6.07) is -0.452. The molecule has 0 radical (unpaired) electrons. The number of rotatable bonds is 3. The molecule has 3 amide bonds. The van der Waals surface area contributed by atoms with E-state index in [1.165, 1.54) is 0 Å². The van der Waals surface area contributed by atoms with Crippen molar-refractivity contribution in [1.82, 2.24) is 15.5 Å². The molecule has 3 atom stereocenters. The van der Waals surface area contributed by atoms with E-state index < -0.39 is 5.92 Å². The molecule has 1 saturated carbocycles. The predicted octanol–water partition coefficient (Wildman–Crippen LogP) is 2.65. The molecule has 0 bridgehead atoms. The lowest BCUT2D eigenvalue weighted by Crippen LogP contribution is -2.52. The lowest BCUT2D eigenvalue weighted by molar-refractivity contribution is -0.129. The van der Waals surface area contributed by atoms with Gasteiger partial charge >= 0.3 is 6.03 Å². The Kier molecular flexibility index (Phi) is 4.97. The Morgan fingerprint density at radius 1 is 1.25 bits per heavy atom. The average molecular weight is 343 g/mol. The minimum absolute atomic E-state index is 0.0896. The van der Waals surface area contributed by atoms with Crippen LogP contribution in [0.15, 0.2) is 0 Å². The Morgan fingerprint density at radius 3 is 2.67 bits per heavy atom. The predicted molar refractivity (Wildman–Crippen MR) is 85.8 cm³/mol. The van der Waals surface area contributed by atoms with Gasteiger partial charge in [0.2, 0.25) is 11.8 Å². The van der Waals surface area contributed by atoms with Gasteiger partial charge in [-0.05, 0) is 44.9 Å². The molecule has 5 nitrogen and oxygen atoms in total. The first-order chi connectivity index (χ1) is 11.4. The summed E-state index contributed by atoms with van der Waals surface area (Å²) in [4.78, 5) is 26.2. The number of carbonyl (C=O) groups excluding carboxylic acids is 2. The van der Waals surface area contributed by atoms with Crippen LogP contribution in [0.5, 0.6) is 0 Å². The van der Waals surface area contributed by atoms with Crippen LogP contribution in [0.25, 0.3) is 0 Å². The quantitative estimate of drug-likeness (QED) is 0.828. The molecule has 3 aliphatic rings. The third-order valence-corrected chi connectivity index (χ3v) is 5.87. The molecule has 2 saturated heterocycles. The molecule has 1 aliphatic carbocycles. The molecule has 24 heavy (non-hydrogen) atoms. The van der Waals surface area contributed by atoms with Crippen molar-refractivity contribution in [3.63, 3.8) is 0 Å². The van der Waals surface area contributed by atoms with E-state index in [1.54, 1.807) is 0 Å². The summed E-state index contributed by atoms with van der Waals surface area (Å²) in [6.07, 6.45) is 4.09. The number of nitrogens with zero attached hydrogens (tertiary/aromatic N) is 1. The van der Waals surface area contributed by atoms with Gasteiger partial charge in [0, 0.05) is 31.8 Å². The Bertz CT molecular complexity index is 490. The van der Waals surface area contributed by atoms with E-state index in [9.17, 15) is 18.4 Å². The van der Waals surface area contributed by atoms with E-state index in [0.29, 0.717) is 19.3 Å². The van der Waals surface area contributed by atoms with Crippen molar-refractivity contribution >= 4 is 11.9 Å². The maximum absolute atomic E-state index is 13.2. The SMILES string of the molecule is CC(NC(=O)NC1CC(=O)N2CCCCC12)C1CCC(F)(F)CC1. The molecular formula is C17H27F2N3O2. The molecule has 3 fully saturated rings. The van der Waals surface area contributed by atoms with Gasteiger partial charge in [-0.2, -0.15) is 0 Å². The topological polar surface area (TPSA) is 61.4 Å². The smallest absolute Gasteiger partial charge is 0.315 e. The van der Waals surface area contributed by atoms with Crippen LogP contribution in [0, 0.1) is 5.92 Å². The van der Waals surface area contributed by atoms with Crippen molar-refractivity contribution in [2.24, 2.45) is 5.92 Å². The van der Waals surface area contributed by atoms with Crippen LogP contribution in [0.2, 0.25) is 0 Å². The fourth-order valence-corrected chi connectivity index (χ4v) is 4.37. The molecule has 0 spiro atoms. The maximum Gasteiger partial charge on any atom is 0.315 e. The molecule has 7 heteroatoms. The summed E-state index contributed by atoms with van der Waals surface area (Å²) < 4.78 is 26.5. The lowest BCUT2D eigenvalue weighted by atomic mass is 9.82. The highest BCUT2D eigenvalue weighted by Gasteiger charge is 2.42. The van der Waals surface area contributed by atoms with E-state index in [4.69, 9.17) is 0 Å². The van der Waals surface area contributed by atoms with Gasteiger partial charge in [0.05, 0.1) is 12.1 Å². The van der Waals surface area contributed by atoms with Crippen LogP contribution in [0.1, 0.15) is 58.3 Å². The molecule has 2 N–H and O–H groups in total. The Balaban J connectivity index is 1.48. The molecule has 2 aliphatic heterocycles. The van der Waals surface area contributed by atoms with Gasteiger partial charge in [0.15, 0.2) is 0 Å². The highest BCUT2D eigenvalue weighted by Crippen LogP contribution is 2.37. The number of halogens is 2. The van der Waals surface area contributed by atoms with Crippen molar-refractivity contribution in [1.29, 1.82) is 0 Å². The number of amides is 3. The van der Waals surface area contributed by atoms with E-state index in [1.807, 2.05) is 11.8 Å². The number of urea groups is 1. The molecule has 2 heterocycles. The zero-order valence-corrected chi connectivity index (χ0v) is 14.2. The van der Waals surface area contributed by atoms with E-state index in [2.05, 4.69) is 10.6 Å². The highest BCUT2D eigenvalue weighted by molar-refractivity contribution is 5.82. The zero-order chi connectivity index (χ0) is 17.3. The van der Waals surface area contributed by atoms with Gasteiger partial charge in [0.25, 0.3) is 0 Å². The second-order valence-corrected chi connectivity index (χ2v) is 7.56. The van der Waals surface area contributed by atoms with Crippen LogP contribution in [-0.4, -0.2) is 47.4 Å². The summed E-state index contributed by atoms with van der Waals surface area (Å²) in [7, 11) is 0. The van der Waals surface area contributed by atoms with Crippen molar-refractivity contribution in [3.05, 3.63) is 0 Å². The summed E-state index contributed by atoms with van der Waals surface area (Å²) in [5.74, 6) is -2.34. The van der Waals surface area contributed by atoms with Crippen LogP contribution < -0.4 is 10.6 Å². The molecule has 0 aromatic heterocycles. The molecule has 3 unspecified atom stereocenters. The first kappa shape index (κ1) is 17.4. The lowest BCUT2D eigenvalue weighted by Gasteiger charge is -2.34. The fourth-order valence-electron chi connectivity index (χ4n) is 4.37. The Hall–Kier alpha value is -1.40. The second-order valence-electron chi connectivity index (χ2n) is 7.56. The second kappa shape index (κ2) is 6.84. The summed E-state index contributed by atoms with van der Waals surface area (Å²) >= 11 is 0. The summed E-state index contributed by atoms with van der Waals surface area (Å²) in [5, 5.41) is 5.82. The summed E-state index contributed by atoms with van der Waals surface area (Å²) in [5.41, 5.74) is 0. The molecular weight excluding hydrogens is 316 g/mol. The van der Waals surface area contributed by atoms with Crippen molar-refractivity contribution in [2.45, 2.75) is 82.3 Å². The summed E-state index contributed by atoms with van der Waals surface area (Å²) in [6.45, 7) is 2.66. The molecule has 136 valence electrons. The van der Waals surface area contributed by atoms with Crippen LogP contribution in [-0.2, 0) is 4.79 Å². The van der Waals surface area contributed by atoms with Gasteiger partial charge < -0.3 is 15.5 Å². The average Bonchev–Trinajstić information content (AvgIpc) is 2.83. The van der Waals surface area contributed by atoms with Gasteiger partial charge in [-0.15, -0.1) is 0 Å². The largest absolute Gasteiger partial charge is 0.338 e. The minimum atomic E-state index is -2.55. The molecule has 0 aromatic carbocycles. The highest BCUT2D eigenvalue weighted by atomic mass is 19.3. The number of fused-ring (bicyclic) bond motifs is 1.